The number of imidazole rings is 1. The van der Waals surface area contributed by atoms with E-state index in [-0.39, 0.29) is 6.04 Å². The SMILES string of the molecule is FC(F)(F)c1cc(N2CC(n3cnc4ccccc43)C2)ncn1. The topological polar surface area (TPSA) is 46.8 Å². The second kappa shape index (κ2) is 4.94. The second-order valence-corrected chi connectivity index (χ2v) is 5.46. The zero-order valence-corrected chi connectivity index (χ0v) is 11.9. The molecule has 1 aromatic carbocycles. The maximum Gasteiger partial charge on any atom is 0.433 e. The number of rotatable bonds is 2. The Kier molecular flexibility index (Phi) is 3.00. The molecular weight excluding hydrogens is 307 g/mol. The minimum atomic E-state index is -4.46. The maximum atomic E-state index is 12.7. The van der Waals surface area contributed by atoms with Crippen molar-refractivity contribution in [1.29, 1.82) is 0 Å². The predicted molar refractivity (Wildman–Crippen MR) is 78.0 cm³/mol. The van der Waals surface area contributed by atoms with Gasteiger partial charge in [-0.3, -0.25) is 0 Å². The highest BCUT2D eigenvalue weighted by Crippen LogP contribution is 2.32. The highest BCUT2D eigenvalue weighted by Gasteiger charge is 2.35. The lowest BCUT2D eigenvalue weighted by molar-refractivity contribution is -0.141. The van der Waals surface area contributed by atoms with Crippen LogP contribution in [0.25, 0.3) is 11.0 Å². The fourth-order valence-corrected chi connectivity index (χ4v) is 2.76. The quantitative estimate of drug-likeness (QED) is 0.729. The van der Waals surface area contributed by atoms with E-state index in [1.165, 1.54) is 0 Å². The molecule has 0 aliphatic carbocycles. The van der Waals surface area contributed by atoms with Crippen LogP contribution >= 0.6 is 0 Å². The molecule has 5 nitrogen and oxygen atoms in total. The van der Waals surface area contributed by atoms with Gasteiger partial charge in [0.1, 0.15) is 17.8 Å². The Balaban J connectivity index is 1.54. The van der Waals surface area contributed by atoms with Crippen LogP contribution in [0, 0.1) is 0 Å². The minimum Gasteiger partial charge on any atom is -0.352 e. The molecule has 1 aliphatic rings. The van der Waals surface area contributed by atoms with Crippen molar-refractivity contribution in [3.05, 3.63) is 48.7 Å². The van der Waals surface area contributed by atoms with Gasteiger partial charge in [0.05, 0.1) is 23.4 Å². The van der Waals surface area contributed by atoms with Gasteiger partial charge in [-0.05, 0) is 12.1 Å². The van der Waals surface area contributed by atoms with Crippen molar-refractivity contribution in [3.63, 3.8) is 0 Å². The molecule has 0 bridgehead atoms. The number of halogens is 3. The number of hydrogen-bond acceptors (Lipinski definition) is 4. The summed E-state index contributed by atoms with van der Waals surface area (Å²) in [5.74, 6) is 0.299. The molecule has 0 saturated carbocycles. The van der Waals surface area contributed by atoms with Gasteiger partial charge in [0.2, 0.25) is 0 Å². The van der Waals surface area contributed by atoms with Crippen molar-refractivity contribution in [3.8, 4) is 0 Å². The van der Waals surface area contributed by atoms with Gasteiger partial charge in [-0.1, -0.05) is 12.1 Å². The number of aromatic nitrogens is 4. The zero-order chi connectivity index (χ0) is 16.0. The standard InChI is InChI=1S/C15H12F3N5/c16-15(17,18)13-5-14(20-8-19-13)22-6-10(7-22)23-9-21-11-3-1-2-4-12(11)23/h1-5,8-10H,6-7H2. The maximum absolute atomic E-state index is 12.7. The van der Waals surface area contributed by atoms with Crippen molar-refractivity contribution in [2.75, 3.05) is 18.0 Å². The number of benzene rings is 1. The van der Waals surface area contributed by atoms with Gasteiger partial charge >= 0.3 is 6.18 Å². The molecule has 8 heteroatoms. The van der Waals surface area contributed by atoms with Crippen LogP contribution in [0.2, 0.25) is 0 Å². The molecular formula is C15H12F3N5. The van der Waals surface area contributed by atoms with E-state index in [2.05, 4.69) is 19.5 Å². The van der Waals surface area contributed by atoms with Gasteiger partial charge in [-0.25, -0.2) is 15.0 Å². The first-order valence-electron chi connectivity index (χ1n) is 7.08. The molecule has 1 fully saturated rings. The van der Waals surface area contributed by atoms with Crippen LogP contribution < -0.4 is 4.90 Å². The van der Waals surface area contributed by atoms with Crippen LogP contribution in [0.15, 0.2) is 43.0 Å². The van der Waals surface area contributed by atoms with E-state index < -0.39 is 11.9 Å². The second-order valence-electron chi connectivity index (χ2n) is 5.46. The number of anilines is 1. The fourth-order valence-electron chi connectivity index (χ4n) is 2.76. The van der Waals surface area contributed by atoms with E-state index in [1.54, 1.807) is 11.2 Å². The Bertz CT molecular complexity index is 851. The molecule has 3 heterocycles. The fraction of sp³-hybridized carbons (Fsp3) is 0.267. The van der Waals surface area contributed by atoms with Crippen LogP contribution in [0.3, 0.4) is 0 Å². The van der Waals surface area contributed by atoms with Crippen molar-refractivity contribution < 1.29 is 13.2 Å². The van der Waals surface area contributed by atoms with Crippen molar-refractivity contribution >= 4 is 16.9 Å². The van der Waals surface area contributed by atoms with Gasteiger partial charge in [-0.2, -0.15) is 13.2 Å². The lowest BCUT2D eigenvalue weighted by Gasteiger charge is -2.41. The van der Waals surface area contributed by atoms with E-state index in [0.29, 0.717) is 18.9 Å². The molecule has 118 valence electrons. The number of hydrogen-bond donors (Lipinski definition) is 0. The third-order valence-electron chi connectivity index (χ3n) is 4.00. The zero-order valence-electron chi connectivity index (χ0n) is 11.9. The lowest BCUT2D eigenvalue weighted by atomic mass is 10.1. The summed E-state index contributed by atoms with van der Waals surface area (Å²) in [4.78, 5) is 13.4. The van der Waals surface area contributed by atoms with Crippen LogP contribution in [-0.4, -0.2) is 32.6 Å². The first-order valence-corrected chi connectivity index (χ1v) is 7.08. The number of alkyl halides is 3. The number of nitrogens with zero attached hydrogens (tertiary/aromatic N) is 5. The van der Waals surface area contributed by atoms with Crippen molar-refractivity contribution in [2.45, 2.75) is 12.2 Å². The van der Waals surface area contributed by atoms with Crippen LogP contribution in [0.5, 0.6) is 0 Å². The van der Waals surface area contributed by atoms with Gasteiger partial charge in [0, 0.05) is 19.2 Å². The molecule has 0 radical (unpaired) electrons. The molecule has 23 heavy (non-hydrogen) atoms. The summed E-state index contributed by atoms with van der Waals surface area (Å²) in [7, 11) is 0. The molecule has 0 N–H and O–H groups in total. The summed E-state index contributed by atoms with van der Waals surface area (Å²) < 4.78 is 40.2. The molecule has 0 amide bonds. The predicted octanol–water partition coefficient (Wildman–Crippen LogP) is 2.91. The summed E-state index contributed by atoms with van der Waals surface area (Å²) >= 11 is 0. The molecule has 4 rings (SSSR count). The monoisotopic (exact) mass is 319 g/mol. The number of fused-ring (bicyclic) bond motifs is 1. The molecule has 0 atom stereocenters. The normalized spacial score (nSPS) is 15.9. The Morgan fingerprint density at radius 3 is 2.61 bits per heavy atom. The summed E-state index contributed by atoms with van der Waals surface area (Å²) in [6.07, 6.45) is -1.73. The summed E-state index contributed by atoms with van der Waals surface area (Å²) in [5.41, 5.74) is 1.02. The van der Waals surface area contributed by atoms with Crippen molar-refractivity contribution in [1.82, 2.24) is 19.5 Å². The molecule has 0 unspecified atom stereocenters. The van der Waals surface area contributed by atoms with Crippen molar-refractivity contribution in [2.24, 2.45) is 0 Å². The van der Waals surface area contributed by atoms with Gasteiger partial charge < -0.3 is 9.47 Å². The van der Waals surface area contributed by atoms with Crippen LogP contribution in [-0.2, 0) is 6.18 Å². The highest BCUT2D eigenvalue weighted by molar-refractivity contribution is 5.75. The Morgan fingerprint density at radius 2 is 1.83 bits per heavy atom. The minimum absolute atomic E-state index is 0.173. The molecule has 1 saturated heterocycles. The Labute approximate surface area is 129 Å². The van der Waals surface area contributed by atoms with Gasteiger partial charge in [-0.15, -0.1) is 0 Å². The molecule has 0 spiro atoms. The Hall–Kier alpha value is -2.64. The van der Waals surface area contributed by atoms with E-state index >= 15 is 0 Å². The van der Waals surface area contributed by atoms with Gasteiger partial charge in [0.15, 0.2) is 0 Å². The van der Waals surface area contributed by atoms with Crippen LogP contribution in [0.1, 0.15) is 11.7 Å². The van der Waals surface area contributed by atoms with Crippen LogP contribution in [0.4, 0.5) is 19.0 Å². The summed E-state index contributed by atoms with van der Waals surface area (Å²) in [6, 6.07) is 8.94. The first kappa shape index (κ1) is 14.0. The largest absolute Gasteiger partial charge is 0.433 e. The highest BCUT2D eigenvalue weighted by atomic mass is 19.4. The van der Waals surface area contributed by atoms with Gasteiger partial charge in [0.25, 0.3) is 0 Å². The van der Waals surface area contributed by atoms with E-state index in [1.807, 2.05) is 24.3 Å². The average Bonchev–Trinajstić information content (AvgIpc) is 2.89. The third-order valence-corrected chi connectivity index (χ3v) is 4.00. The summed E-state index contributed by atoms with van der Waals surface area (Å²) in [6.45, 7) is 1.18. The molecule has 1 aliphatic heterocycles. The molecule has 2 aromatic heterocycles. The Morgan fingerprint density at radius 1 is 1.04 bits per heavy atom. The first-order chi connectivity index (χ1) is 11.0. The summed E-state index contributed by atoms with van der Waals surface area (Å²) in [5, 5.41) is 0. The molecule has 3 aromatic rings. The van der Waals surface area contributed by atoms with E-state index in [0.717, 1.165) is 23.4 Å². The number of para-hydroxylation sites is 2. The lowest BCUT2D eigenvalue weighted by Crippen LogP contribution is -2.48. The smallest absolute Gasteiger partial charge is 0.352 e. The third kappa shape index (κ3) is 2.39. The van der Waals surface area contributed by atoms with E-state index in [4.69, 9.17) is 0 Å². The average molecular weight is 319 g/mol. The van der Waals surface area contributed by atoms with E-state index in [9.17, 15) is 13.2 Å².